The normalized spacial score (nSPS) is 12.7. The Kier molecular flexibility index (Phi) is 7.18. The van der Waals surface area contributed by atoms with Crippen LogP contribution in [0.1, 0.15) is 17.2 Å². The third-order valence-electron chi connectivity index (χ3n) is 5.14. The zero-order chi connectivity index (χ0) is 26.6. The quantitative estimate of drug-likeness (QED) is 0.246. The van der Waals surface area contributed by atoms with Crippen molar-refractivity contribution in [3.63, 3.8) is 0 Å². The number of amides is 1. The highest BCUT2D eigenvalue weighted by molar-refractivity contribution is 5.99. The molecule has 0 spiro atoms. The molecule has 4 rings (SSSR count). The van der Waals surface area contributed by atoms with Crippen LogP contribution in [0.2, 0.25) is 0 Å². The van der Waals surface area contributed by atoms with E-state index in [1.807, 2.05) is 6.07 Å². The lowest BCUT2D eigenvalue weighted by Crippen LogP contribution is -2.20. The number of rotatable bonds is 7. The van der Waals surface area contributed by atoms with Crippen LogP contribution in [0.15, 0.2) is 79.0 Å². The molecule has 3 aromatic carbocycles. The van der Waals surface area contributed by atoms with Crippen molar-refractivity contribution in [2.75, 3.05) is 5.32 Å². The van der Waals surface area contributed by atoms with Crippen LogP contribution in [-0.2, 0) is 11.2 Å². The van der Waals surface area contributed by atoms with Crippen molar-refractivity contribution in [3.05, 3.63) is 90.1 Å². The molecular formula is C25H18F6N2O4. The van der Waals surface area contributed by atoms with Crippen molar-refractivity contribution in [2.24, 2.45) is 0 Å². The topological polar surface area (TPSA) is 72.6 Å². The maximum atomic E-state index is 12.8. The number of carbonyl (C=O) groups is 1. The van der Waals surface area contributed by atoms with Gasteiger partial charge in [0.15, 0.2) is 0 Å². The minimum Gasteiger partial charge on any atom is -0.441 e. The number of aromatic nitrogens is 1. The molecule has 1 aromatic heterocycles. The first-order valence-corrected chi connectivity index (χ1v) is 10.7. The zero-order valence-electron chi connectivity index (χ0n) is 18.7. The molecule has 0 aliphatic rings. The zero-order valence-corrected chi connectivity index (χ0v) is 18.7. The lowest BCUT2D eigenvalue weighted by molar-refractivity contribution is -0.275. The monoisotopic (exact) mass is 524 g/mol. The Hall–Kier alpha value is -4.35. The molecule has 0 saturated heterocycles. The van der Waals surface area contributed by atoms with Gasteiger partial charge in [-0.15, -0.1) is 26.3 Å². The summed E-state index contributed by atoms with van der Waals surface area (Å²) in [5, 5.41) is 3.36. The number of anilines is 1. The number of halogens is 6. The minimum absolute atomic E-state index is 0.00749. The number of hydrogen-bond donors (Lipinski definition) is 2. The van der Waals surface area contributed by atoms with Gasteiger partial charge >= 0.3 is 18.8 Å². The van der Waals surface area contributed by atoms with E-state index in [9.17, 15) is 31.1 Å². The summed E-state index contributed by atoms with van der Waals surface area (Å²) in [7, 11) is 0. The fraction of sp³-hybridized carbons (Fsp3) is 0.160. The molecule has 4 aromatic rings. The molecule has 12 heteroatoms. The van der Waals surface area contributed by atoms with Gasteiger partial charge in [0, 0.05) is 23.5 Å². The van der Waals surface area contributed by atoms with Crippen molar-refractivity contribution in [1.29, 1.82) is 0 Å². The van der Waals surface area contributed by atoms with Crippen LogP contribution in [0.5, 0.6) is 11.5 Å². The molecule has 194 valence electrons. The standard InChI is InChI=1S/C25H18F6N2O4/c26-24(27,28)36-17-8-4-15(5-9-17)14-22(16-6-10-18(11-7-16)37-25(29,30)31)35-23(34)33-21-3-1-2-20-19(21)12-13-32-20/h1-13,22,32H,14H2,(H,33,34). The van der Waals surface area contributed by atoms with Crippen molar-refractivity contribution >= 4 is 22.7 Å². The third kappa shape index (κ3) is 7.32. The molecule has 6 nitrogen and oxygen atoms in total. The summed E-state index contributed by atoms with van der Waals surface area (Å²) in [4.78, 5) is 15.8. The maximum absolute atomic E-state index is 12.8. The van der Waals surface area contributed by atoms with Gasteiger partial charge in [-0.25, -0.2) is 4.79 Å². The molecule has 0 aliphatic carbocycles. The SMILES string of the molecule is O=C(Nc1cccc2[nH]ccc12)OC(Cc1ccc(OC(F)(F)F)cc1)c1ccc(OC(F)(F)F)cc1. The van der Waals surface area contributed by atoms with Gasteiger partial charge in [-0.3, -0.25) is 5.32 Å². The molecule has 2 N–H and O–H groups in total. The highest BCUT2D eigenvalue weighted by atomic mass is 19.4. The van der Waals surface area contributed by atoms with Crippen molar-refractivity contribution in [1.82, 2.24) is 4.98 Å². The van der Waals surface area contributed by atoms with E-state index in [-0.39, 0.29) is 6.42 Å². The highest BCUT2D eigenvalue weighted by Gasteiger charge is 2.32. The van der Waals surface area contributed by atoms with Crippen LogP contribution in [-0.4, -0.2) is 23.8 Å². The lowest BCUT2D eigenvalue weighted by Gasteiger charge is -2.20. The fourth-order valence-electron chi connectivity index (χ4n) is 3.62. The molecule has 0 radical (unpaired) electrons. The largest absolute Gasteiger partial charge is 0.573 e. The molecule has 0 aliphatic heterocycles. The Bertz CT molecular complexity index is 1350. The molecule has 1 atom stereocenters. The second kappa shape index (κ2) is 10.3. The summed E-state index contributed by atoms with van der Waals surface area (Å²) in [6, 6.07) is 16.6. The number of alkyl halides is 6. The van der Waals surface area contributed by atoms with Gasteiger partial charge in [-0.2, -0.15) is 0 Å². The van der Waals surface area contributed by atoms with E-state index in [4.69, 9.17) is 4.74 Å². The third-order valence-corrected chi connectivity index (χ3v) is 5.14. The van der Waals surface area contributed by atoms with E-state index < -0.39 is 36.4 Å². The Morgan fingerprint density at radius 2 is 1.41 bits per heavy atom. The predicted molar refractivity (Wildman–Crippen MR) is 121 cm³/mol. The van der Waals surface area contributed by atoms with E-state index in [2.05, 4.69) is 19.8 Å². The van der Waals surface area contributed by atoms with E-state index in [0.717, 1.165) is 35.2 Å². The van der Waals surface area contributed by atoms with E-state index in [1.165, 1.54) is 24.3 Å². The number of nitrogens with one attached hydrogen (secondary N) is 2. The van der Waals surface area contributed by atoms with E-state index in [0.29, 0.717) is 16.8 Å². The number of fused-ring (bicyclic) bond motifs is 1. The van der Waals surface area contributed by atoms with Gasteiger partial charge in [-0.05, 0) is 53.6 Å². The van der Waals surface area contributed by atoms with E-state index >= 15 is 0 Å². The Labute approximate surface area is 205 Å². The number of carbonyl (C=O) groups excluding carboxylic acids is 1. The van der Waals surface area contributed by atoms with Crippen molar-refractivity contribution < 1.29 is 45.3 Å². The van der Waals surface area contributed by atoms with Crippen LogP contribution in [0.3, 0.4) is 0 Å². The molecule has 1 amide bonds. The molecule has 0 saturated carbocycles. The van der Waals surface area contributed by atoms with Crippen LogP contribution < -0.4 is 14.8 Å². The summed E-state index contributed by atoms with van der Waals surface area (Å²) >= 11 is 0. The van der Waals surface area contributed by atoms with Crippen LogP contribution >= 0.6 is 0 Å². The molecule has 37 heavy (non-hydrogen) atoms. The fourth-order valence-corrected chi connectivity index (χ4v) is 3.62. The average Bonchev–Trinajstić information content (AvgIpc) is 3.28. The number of ether oxygens (including phenoxy) is 3. The van der Waals surface area contributed by atoms with Gasteiger partial charge in [0.1, 0.15) is 17.6 Å². The second-order valence-corrected chi connectivity index (χ2v) is 7.78. The Balaban J connectivity index is 1.54. The number of aromatic amines is 1. The summed E-state index contributed by atoms with van der Waals surface area (Å²) < 4.78 is 88.2. The molecule has 0 fully saturated rings. The first kappa shape index (κ1) is 25.7. The van der Waals surface area contributed by atoms with Crippen molar-refractivity contribution in [3.8, 4) is 11.5 Å². The highest BCUT2D eigenvalue weighted by Crippen LogP contribution is 2.30. The molecule has 0 bridgehead atoms. The minimum atomic E-state index is -4.88. The predicted octanol–water partition coefficient (Wildman–Crippen LogP) is 7.50. The number of hydrogen-bond acceptors (Lipinski definition) is 4. The molecule has 1 heterocycles. The van der Waals surface area contributed by atoms with Crippen LogP contribution in [0.4, 0.5) is 36.8 Å². The van der Waals surface area contributed by atoms with Gasteiger partial charge < -0.3 is 19.2 Å². The molecular weight excluding hydrogens is 506 g/mol. The van der Waals surface area contributed by atoms with E-state index in [1.54, 1.807) is 24.4 Å². The summed E-state index contributed by atoms with van der Waals surface area (Å²) in [5.41, 5.74) is 2.05. The van der Waals surface area contributed by atoms with Gasteiger partial charge in [0.05, 0.1) is 5.69 Å². The lowest BCUT2D eigenvalue weighted by atomic mass is 10.0. The first-order chi connectivity index (χ1) is 17.4. The Morgan fingerprint density at radius 1 is 0.811 bits per heavy atom. The van der Waals surface area contributed by atoms with Gasteiger partial charge in [-0.1, -0.05) is 30.3 Å². The van der Waals surface area contributed by atoms with Crippen LogP contribution in [0, 0.1) is 0 Å². The van der Waals surface area contributed by atoms with Crippen molar-refractivity contribution in [2.45, 2.75) is 25.2 Å². The second-order valence-electron chi connectivity index (χ2n) is 7.78. The van der Waals surface area contributed by atoms with Crippen LogP contribution in [0.25, 0.3) is 10.9 Å². The average molecular weight is 524 g/mol. The summed E-state index contributed by atoms with van der Waals surface area (Å²) in [6.07, 6.45) is -9.87. The summed E-state index contributed by atoms with van der Waals surface area (Å²) in [6.45, 7) is 0. The maximum Gasteiger partial charge on any atom is 0.573 e. The smallest absolute Gasteiger partial charge is 0.441 e. The van der Waals surface area contributed by atoms with Gasteiger partial charge in [0.25, 0.3) is 0 Å². The number of H-pyrrole nitrogens is 1. The number of benzene rings is 3. The summed E-state index contributed by atoms with van der Waals surface area (Å²) in [5.74, 6) is -0.896. The first-order valence-electron chi connectivity index (χ1n) is 10.7. The molecule has 1 unspecified atom stereocenters. The van der Waals surface area contributed by atoms with Gasteiger partial charge in [0.2, 0.25) is 0 Å². The Morgan fingerprint density at radius 3 is 2.00 bits per heavy atom.